The molecular formula is C15H21NO. The Hall–Kier alpha value is -0.860. The molecule has 1 fully saturated rings. The maximum atomic E-state index is 10.4. The summed E-state index contributed by atoms with van der Waals surface area (Å²) >= 11 is 0. The van der Waals surface area contributed by atoms with Gasteiger partial charge in [0.25, 0.3) is 0 Å². The highest BCUT2D eigenvalue weighted by Gasteiger charge is 2.34. The number of rotatable bonds is 3. The van der Waals surface area contributed by atoms with Crippen molar-refractivity contribution in [3.8, 4) is 0 Å². The molecule has 2 nitrogen and oxygen atoms in total. The van der Waals surface area contributed by atoms with Gasteiger partial charge in [-0.1, -0.05) is 30.7 Å². The van der Waals surface area contributed by atoms with Gasteiger partial charge in [-0.2, -0.15) is 0 Å². The molecule has 0 spiro atoms. The van der Waals surface area contributed by atoms with Crippen LogP contribution >= 0.6 is 0 Å². The van der Waals surface area contributed by atoms with E-state index in [4.69, 9.17) is 0 Å². The number of benzene rings is 1. The molecule has 3 rings (SSSR count). The van der Waals surface area contributed by atoms with Crippen LogP contribution in [0, 0.1) is 5.92 Å². The SMILES string of the molecule is CN(CC1CCC1)C1Cc2ccccc2C1O. The zero-order valence-electron chi connectivity index (χ0n) is 10.5. The molecule has 1 saturated carbocycles. The van der Waals surface area contributed by atoms with Gasteiger partial charge in [-0.05, 0) is 43.4 Å². The van der Waals surface area contributed by atoms with Crippen LogP contribution in [-0.4, -0.2) is 29.6 Å². The van der Waals surface area contributed by atoms with E-state index in [0.29, 0.717) is 0 Å². The molecule has 0 aromatic heterocycles. The summed E-state index contributed by atoms with van der Waals surface area (Å²) in [4.78, 5) is 2.37. The van der Waals surface area contributed by atoms with Gasteiger partial charge in [-0.15, -0.1) is 0 Å². The molecular weight excluding hydrogens is 210 g/mol. The fourth-order valence-electron chi connectivity index (χ4n) is 3.17. The Kier molecular flexibility index (Phi) is 2.93. The van der Waals surface area contributed by atoms with Crippen molar-refractivity contribution < 1.29 is 5.11 Å². The molecule has 17 heavy (non-hydrogen) atoms. The van der Waals surface area contributed by atoms with Crippen molar-refractivity contribution >= 4 is 0 Å². The highest BCUT2D eigenvalue weighted by atomic mass is 16.3. The Balaban J connectivity index is 1.69. The fraction of sp³-hybridized carbons (Fsp3) is 0.600. The van der Waals surface area contributed by atoms with Crippen molar-refractivity contribution in [2.45, 2.75) is 37.8 Å². The summed E-state index contributed by atoms with van der Waals surface area (Å²) < 4.78 is 0. The van der Waals surface area contributed by atoms with Crippen LogP contribution < -0.4 is 0 Å². The summed E-state index contributed by atoms with van der Waals surface area (Å²) in [6.07, 6.45) is 4.85. The monoisotopic (exact) mass is 231 g/mol. The molecule has 2 aliphatic carbocycles. The molecule has 2 atom stereocenters. The van der Waals surface area contributed by atoms with Gasteiger partial charge in [0, 0.05) is 12.6 Å². The maximum Gasteiger partial charge on any atom is 0.0950 e. The summed E-state index contributed by atoms with van der Waals surface area (Å²) in [5.74, 6) is 0.871. The van der Waals surface area contributed by atoms with Crippen molar-refractivity contribution in [1.29, 1.82) is 0 Å². The number of aliphatic hydroxyl groups excluding tert-OH is 1. The smallest absolute Gasteiger partial charge is 0.0950 e. The van der Waals surface area contributed by atoms with Crippen molar-refractivity contribution in [3.05, 3.63) is 35.4 Å². The second-order valence-corrected chi connectivity index (χ2v) is 5.65. The minimum Gasteiger partial charge on any atom is -0.387 e. The Labute approximate surface area is 103 Å². The van der Waals surface area contributed by atoms with Gasteiger partial charge in [0.2, 0.25) is 0 Å². The highest BCUT2D eigenvalue weighted by molar-refractivity contribution is 5.35. The summed E-state index contributed by atoms with van der Waals surface area (Å²) in [5, 5.41) is 10.4. The number of likely N-dealkylation sites (N-methyl/N-ethyl adjacent to an activating group) is 1. The average Bonchev–Trinajstić information content (AvgIpc) is 2.62. The van der Waals surface area contributed by atoms with Crippen LogP contribution in [0.1, 0.15) is 36.5 Å². The van der Waals surface area contributed by atoms with Gasteiger partial charge in [-0.3, -0.25) is 4.90 Å². The molecule has 0 heterocycles. The lowest BCUT2D eigenvalue weighted by Gasteiger charge is -2.34. The number of hydrogen-bond donors (Lipinski definition) is 1. The van der Waals surface area contributed by atoms with Gasteiger partial charge < -0.3 is 5.11 Å². The fourth-order valence-corrected chi connectivity index (χ4v) is 3.17. The summed E-state index contributed by atoms with van der Waals surface area (Å²) in [5.41, 5.74) is 2.46. The van der Waals surface area contributed by atoms with Crippen molar-refractivity contribution in [1.82, 2.24) is 4.90 Å². The third-order valence-corrected chi connectivity index (χ3v) is 4.50. The molecule has 2 heteroatoms. The Morgan fingerprint density at radius 2 is 2.06 bits per heavy atom. The molecule has 0 aliphatic heterocycles. The second-order valence-electron chi connectivity index (χ2n) is 5.65. The molecule has 2 unspecified atom stereocenters. The van der Waals surface area contributed by atoms with E-state index in [1.807, 2.05) is 6.07 Å². The van der Waals surface area contributed by atoms with E-state index >= 15 is 0 Å². The first-order valence-corrected chi connectivity index (χ1v) is 6.72. The second kappa shape index (κ2) is 4.43. The third kappa shape index (κ3) is 2.00. The first kappa shape index (κ1) is 11.2. The molecule has 1 aromatic rings. The predicted octanol–water partition coefficient (Wildman–Crippen LogP) is 2.38. The summed E-state index contributed by atoms with van der Waals surface area (Å²) in [7, 11) is 2.16. The zero-order valence-corrected chi connectivity index (χ0v) is 10.5. The first-order valence-electron chi connectivity index (χ1n) is 6.72. The zero-order chi connectivity index (χ0) is 11.8. The van der Waals surface area contributed by atoms with E-state index in [1.54, 1.807) is 0 Å². The number of aliphatic hydroxyl groups is 1. The van der Waals surface area contributed by atoms with Gasteiger partial charge in [0.1, 0.15) is 0 Å². The topological polar surface area (TPSA) is 23.5 Å². The largest absolute Gasteiger partial charge is 0.387 e. The molecule has 1 N–H and O–H groups in total. The minimum absolute atomic E-state index is 0.285. The molecule has 0 amide bonds. The predicted molar refractivity (Wildman–Crippen MR) is 68.9 cm³/mol. The Morgan fingerprint density at radius 1 is 1.29 bits per heavy atom. The van der Waals surface area contributed by atoms with Crippen LogP contribution in [0.5, 0.6) is 0 Å². The molecule has 0 bridgehead atoms. The number of nitrogens with zero attached hydrogens (tertiary/aromatic N) is 1. The molecule has 2 aliphatic rings. The van der Waals surface area contributed by atoms with Crippen LogP contribution in [0.3, 0.4) is 0 Å². The highest BCUT2D eigenvalue weighted by Crippen LogP contribution is 2.35. The van der Waals surface area contributed by atoms with E-state index < -0.39 is 0 Å². The third-order valence-electron chi connectivity index (χ3n) is 4.50. The number of fused-ring (bicyclic) bond motifs is 1. The van der Waals surface area contributed by atoms with E-state index in [0.717, 1.165) is 24.4 Å². The molecule has 1 aromatic carbocycles. The van der Waals surface area contributed by atoms with Gasteiger partial charge >= 0.3 is 0 Å². The van der Waals surface area contributed by atoms with E-state index in [9.17, 15) is 5.11 Å². The van der Waals surface area contributed by atoms with Crippen molar-refractivity contribution in [2.75, 3.05) is 13.6 Å². The summed E-state index contributed by atoms with van der Waals surface area (Å²) in [6, 6.07) is 8.59. The normalized spacial score (nSPS) is 28.2. The van der Waals surface area contributed by atoms with Gasteiger partial charge in [-0.25, -0.2) is 0 Å². The standard InChI is InChI=1S/C15H21NO/c1-16(10-11-5-4-6-11)14-9-12-7-2-3-8-13(12)15(14)17/h2-3,7-8,11,14-15,17H,4-6,9-10H2,1H3. The first-order chi connectivity index (χ1) is 8.25. The Bertz CT molecular complexity index is 400. The van der Waals surface area contributed by atoms with Crippen LogP contribution in [0.25, 0.3) is 0 Å². The van der Waals surface area contributed by atoms with E-state index in [1.165, 1.54) is 24.8 Å². The lowest BCUT2D eigenvalue weighted by Crippen LogP contribution is -2.39. The molecule has 92 valence electrons. The van der Waals surface area contributed by atoms with E-state index in [2.05, 4.69) is 30.1 Å². The van der Waals surface area contributed by atoms with Crippen LogP contribution in [0.4, 0.5) is 0 Å². The van der Waals surface area contributed by atoms with Crippen LogP contribution in [0.15, 0.2) is 24.3 Å². The van der Waals surface area contributed by atoms with Crippen molar-refractivity contribution in [3.63, 3.8) is 0 Å². The Morgan fingerprint density at radius 3 is 2.71 bits per heavy atom. The maximum absolute atomic E-state index is 10.4. The van der Waals surface area contributed by atoms with Gasteiger partial charge in [0.15, 0.2) is 0 Å². The van der Waals surface area contributed by atoms with Crippen LogP contribution in [0.2, 0.25) is 0 Å². The molecule has 0 radical (unpaired) electrons. The summed E-state index contributed by atoms with van der Waals surface area (Å²) in [6.45, 7) is 1.15. The lowest BCUT2D eigenvalue weighted by atomic mass is 9.85. The van der Waals surface area contributed by atoms with E-state index in [-0.39, 0.29) is 12.1 Å². The number of hydrogen-bond acceptors (Lipinski definition) is 2. The average molecular weight is 231 g/mol. The van der Waals surface area contributed by atoms with Crippen molar-refractivity contribution in [2.24, 2.45) is 5.92 Å². The van der Waals surface area contributed by atoms with Gasteiger partial charge in [0.05, 0.1) is 6.10 Å². The molecule has 0 saturated heterocycles. The van der Waals surface area contributed by atoms with Crippen LogP contribution in [-0.2, 0) is 6.42 Å². The minimum atomic E-state index is -0.295. The lowest BCUT2D eigenvalue weighted by molar-refractivity contribution is 0.0581. The quantitative estimate of drug-likeness (QED) is 0.863.